The predicted molar refractivity (Wildman–Crippen MR) is 66.8 cm³/mol. The highest BCUT2D eigenvalue weighted by molar-refractivity contribution is 9.10. The van der Waals surface area contributed by atoms with E-state index in [-0.39, 0.29) is 6.10 Å². The van der Waals surface area contributed by atoms with E-state index in [4.69, 9.17) is 16.3 Å². The first-order valence-electron chi connectivity index (χ1n) is 5.48. The van der Waals surface area contributed by atoms with Crippen LogP contribution in [0.4, 0.5) is 0 Å². The van der Waals surface area contributed by atoms with Crippen LogP contribution in [0.3, 0.4) is 0 Å². The molecule has 1 aromatic heterocycles. The molecule has 1 atom stereocenters. The Morgan fingerprint density at radius 3 is 2.75 bits per heavy atom. The zero-order chi connectivity index (χ0) is 11.7. The van der Waals surface area contributed by atoms with E-state index in [0.717, 1.165) is 10.2 Å². The normalized spacial score (nSPS) is 17.5. The average Bonchev–Trinajstić information content (AvgIpc) is 3.06. The first-order chi connectivity index (χ1) is 7.63. The average molecular weight is 306 g/mol. The van der Waals surface area contributed by atoms with Gasteiger partial charge in [-0.05, 0) is 42.6 Å². The quantitative estimate of drug-likeness (QED) is 0.792. The summed E-state index contributed by atoms with van der Waals surface area (Å²) in [6.45, 7) is 4.55. The third-order valence-corrected chi connectivity index (χ3v) is 3.88. The van der Waals surface area contributed by atoms with Crippen molar-refractivity contribution in [3.05, 3.63) is 21.1 Å². The van der Waals surface area contributed by atoms with E-state index in [2.05, 4.69) is 25.9 Å². The minimum Gasteiger partial charge on any atom is -0.371 e. The zero-order valence-corrected chi connectivity index (χ0v) is 11.7. The molecule has 5 heteroatoms. The maximum atomic E-state index is 6.08. The molecule has 0 N–H and O–H groups in total. The summed E-state index contributed by atoms with van der Waals surface area (Å²) in [6.07, 6.45) is 2.27. The van der Waals surface area contributed by atoms with Gasteiger partial charge < -0.3 is 4.74 Å². The van der Waals surface area contributed by atoms with Crippen molar-refractivity contribution in [1.29, 1.82) is 0 Å². The summed E-state index contributed by atoms with van der Waals surface area (Å²) in [7, 11) is 0. The number of halogens is 2. The maximum absolute atomic E-state index is 6.08. The Hall–Kier alpha value is -0.190. The van der Waals surface area contributed by atoms with Gasteiger partial charge in [-0.25, -0.2) is 9.97 Å². The Balaban J connectivity index is 2.32. The largest absolute Gasteiger partial charge is 0.371 e. The van der Waals surface area contributed by atoms with Gasteiger partial charge in [-0.3, -0.25) is 0 Å². The van der Waals surface area contributed by atoms with Gasteiger partial charge in [0.05, 0.1) is 10.2 Å². The lowest BCUT2D eigenvalue weighted by Gasteiger charge is -2.13. The highest BCUT2D eigenvalue weighted by Gasteiger charge is 2.29. The molecule has 16 heavy (non-hydrogen) atoms. The van der Waals surface area contributed by atoms with Crippen LogP contribution in [0.15, 0.2) is 4.47 Å². The van der Waals surface area contributed by atoms with Gasteiger partial charge >= 0.3 is 0 Å². The van der Waals surface area contributed by atoms with Crippen molar-refractivity contribution in [2.45, 2.75) is 38.7 Å². The Bertz CT molecular complexity index is 396. The van der Waals surface area contributed by atoms with Crippen LogP contribution in [0.5, 0.6) is 0 Å². The van der Waals surface area contributed by atoms with Gasteiger partial charge in [-0.15, -0.1) is 0 Å². The molecule has 0 aliphatic heterocycles. The fourth-order valence-corrected chi connectivity index (χ4v) is 2.27. The van der Waals surface area contributed by atoms with Gasteiger partial charge in [-0.1, -0.05) is 11.6 Å². The molecule has 1 unspecified atom stereocenters. The lowest BCUT2D eigenvalue weighted by atomic mass is 10.2. The Morgan fingerprint density at radius 1 is 1.50 bits per heavy atom. The molecule has 0 bridgehead atoms. The first kappa shape index (κ1) is 12.3. The van der Waals surface area contributed by atoms with Gasteiger partial charge in [0.1, 0.15) is 11.3 Å². The molecule has 0 amide bonds. The molecular formula is C11H14BrClN2O. The SMILES string of the molecule is CCOC(C)c1nc(Cl)c(Br)c(C2CC2)n1. The standard InChI is InChI=1S/C11H14BrClN2O/c1-3-16-6(2)11-14-9(7-4-5-7)8(12)10(13)15-11/h6-7H,3-5H2,1-2H3. The van der Waals surface area contributed by atoms with Crippen molar-refractivity contribution in [2.75, 3.05) is 6.61 Å². The van der Waals surface area contributed by atoms with Crippen LogP contribution in [0.2, 0.25) is 5.15 Å². The van der Waals surface area contributed by atoms with E-state index in [0.29, 0.717) is 23.5 Å². The topological polar surface area (TPSA) is 35.0 Å². The number of hydrogen-bond donors (Lipinski definition) is 0. The monoisotopic (exact) mass is 304 g/mol. The van der Waals surface area contributed by atoms with E-state index < -0.39 is 0 Å². The van der Waals surface area contributed by atoms with Crippen LogP contribution in [-0.2, 0) is 4.74 Å². The van der Waals surface area contributed by atoms with Crippen LogP contribution in [0.25, 0.3) is 0 Å². The first-order valence-corrected chi connectivity index (χ1v) is 6.65. The molecule has 88 valence electrons. The molecule has 3 nitrogen and oxygen atoms in total. The van der Waals surface area contributed by atoms with Crippen LogP contribution >= 0.6 is 27.5 Å². The molecule has 1 aliphatic carbocycles. The van der Waals surface area contributed by atoms with Gasteiger partial charge in [0.2, 0.25) is 0 Å². The molecular weight excluding hydrogens is 291 g/mol. The summed E-state index contributed by atoms with van der Waals surface area (Å²) in [4.78, 5) is 8.79. The summed E-state index contributed by atoms with van der Waals surface area (Å²) in [5, 5.41) is 0.485. The number of hydrogen-bond acceptors (Lipinski definition) is 3. The molecule has 2 rings (SSSR count). The van der Waals surface area contributed by atoms with Crippen molar-refractivity contribution in [1.82, 2.24) is 9.97 Å². The minimum atomic E-state index is -0.104. The fourth-order valence-electron chi connectivity index (χ4n) is 1.59. The van der Waals surface area contributed by atoms with Gasteiger partial charge in [0.15, 0.2) is 5.82 Å². The smallest absolute Gasteiger partial charge is 0.158 e. The predicted octanol–water partition coefficient (Wildman–Crippen LogP) is 3.87. The van der Waals surface area contributed by atoms with Gasteiger partial charge in [-0.2, -0.15) is 0 Å². The van der Waals surface area contributed by atoms with E-state index >= 15 is 0 Å². The number of ether oxygens (including phenoxy) is 1. The van der Waals surface area contributed by atoms with Crippen molar-refractivity contribution < 1.29 is 4.74 Å². The second-order valence-electron chi connectivity index (χ2n) is 3.94. The molecule has 0 spiro atoms. The second-order valence-corrected chi connectivity index (χ2v) is 5.09. The van der Waals surface area contributed by atoms with Crippen LogP contribution in [0.1, 0.15) is 50.2 Å². The summed E-state index contributed by atoms with van der Waals surface area (Å²) in [5.74, 6) is 1.22. The van der Waals surface area contributed by atoms with Gasteiger partial charge in [0.25, 0.3) is 0 Å². The summed E-state index contributed by atoms with van der Waals surface area (Å²) < 4.78 is 6.32. The molecule has 1 fully saturated rings. The van der Waals surface area contributed by atoms with Crippen LogP contribution < -0.4 is 0 Å². The Labute approximate surface area is 109 Å². The van der Waals surface area contributed by atoms with E-state index in [9.17, 15) is 0 Å². The summed E-state index contributed by atoms with van der Waals surface area (Å²) >= 11 is 9.53. The van der Waals surface area contributed by atoms with Crippen molar-refractivity contribution in [2.24, 2.45) is 0 Å². The molecule has 0 aromatic carbocycles. The summed E-state index contributed by atoms with van der Waals surface area (Å²) in [5.41, 5.74) is 1.03. The van der Waals surface area contributed by atoms with Crippen LogP contribution in [0, 0.1) is 0 Å². The lowest BCUT2D eigenvalue weighted by Crippen LogP contribution is -2.08. The fraction of sp³-hybridized carbons (Fsp3) is 0.636. The highest BCUT2D eigenvalue weighted by Crippen LogP contribution is 2.43. The molecule has 0 saturated heterocycles. The van der Waals surface area contributed by atoms with Gasteiger partial charge in [0, 0.05) is 12.5 Å². The van der Waals surface area contributed by atoms with E-state index in [1.54, 1.807) is 0 Å². The van der Waals surface area contributed by atoms with E-state index in [1.165, 1.54) is 12.8 Å². The number of rotatable bonds is 4. The molecule has 1 saturated carbocycles. The van der Waals surface area contributed by atoms with E-state index in [1.807, 2.05) is 13.8 Å². The lowest BCUT2D eigenvalue weighted by molar-refractivity contribution is 0.0698. The van der Waals surface area contributed by atoms with Crippen molar-refractivity contribution in [3.63, 3.8) is 0 Å². The summed E-state index contributed by atoms with van der Waals surface area (Å²) in [6, 6.07) is 0. The van der Waals surface area contributed by atoms with Crippen molar-refractivity contribution >= 4 is 27.5 Å². The Kier molecular flexibility index (Phi) is 3.82. The highest BCUT2D eigenvalue weighted by atomic mass is 79.9. The third kappa shape index (κ3) is 2.55. The molecule has 1 aromatic rings. The number of aromatic nitrogens is 2. The second kappa shape index (κ2) is 4.98. The van der Waals surface area contributed by atoms with Crippen molar-refractivity contribution in [3.8, 4) is 0 Å². The molecule has 0 radical (unpaired) electrons. The maximum Gasteiger partial charge on any atom is 0.158 e. The molecule has 1 aliphatic rings. The number of nitrogens with zero attached hydrogens (tertiary/aromatic N) is 2. The Morgan fingerprint density at radius 2 is 2.19 bits per heavy atom. The zero-order valence-electron chi connectivity index (χ0n) is 9.33. The third-order valence-electron chi connectivity index (χ3n) is 2.60. The van der Waals surface area contributed by atoms with Crippen LogP contribution in [-0.4, -0.2) is 16.6 Å². The molecule has 1 heterocycles. The minimum absolute atomic E-state index is 0.104.